The van der Waals surface area contributed by atoms with Crippen LogP contribution >= 0.6 is 0 Å². The van der Waals surface area contributed by atoms with Crippen molar-refractivity contribution in [3.63, 3.8) is 0 Å². The molecule has 20 heavy (non-hydrogen) atoms. The lowest BCUT2D eigenvalue weighted by Crippen LogP contribution is -2.32. The second-order valence-corrected chi connectivity index (χ2v) is 6.29. The second-order valence-electron chi connectivity index (χ2n) is 6.29. The van der Waals surface area contributed by atoms with Gasteiger partial charge in [0.05, 0.1) is 0 Å². The van der Waals surface area contributed by atoms with E-state index in [1.165, 1.54) is 5.56 Å². The van der Waals surface area contributed by atoms with Gasteiger partial charge in [-0.05, 0) is 57.4 Å². The molecule has 0 fully saturated rings. The lowest BCUT2D eigenvalue weighted by molar-refractivity contribution is 0.552. The Morgan fingerprint density at radius 2 is 1.90 bits per heavy atom. The van der Waals surface area contributed by atoms with Crippen LogP contribution in [0.25, 0.3) is 0 Å². The fraction of sp³-hybridized carbons (Fsp3) is 0.706. The predicted molar refractivity (Wildman–Crippen MR) is 88.3 cm³/mol. The highest BCUT2D eigenvalue weighted by molar-refractivity contribution is 5.43. The minimum absolute atomic E-state index is 0.487. The number of anilines is 1. The molecule has 3 nitrogen and oxygen atoms in total. The molecule has 0 aromatic carbocycles. The SMILES string of the molecule is CCCN(c1cc(CNCC(C)C)cc(C)n1)C(C)C. The van der Waals surface area contributed by atoms with Gasteiger partial charge in [-0.25, -0.2) is 4.98 Å². The monoisotopic (exact) mass is 277 g/mol. The van der Waals surface area contributed by atoms with E-state index in [0.29, 0.717) is 12.0 Å². The van der Waals surface area contributed by atoms with Crippen molar-refractivity contribution in [2.45, 2.75) is 60.5 Å². The summed E-state index contributed by atoms with van der Waals surface area (Å²) in [7, 11) is 0. The maximum absolute atomic E-state index is 4.72. The fourth-order valence-corrected chi connectivity index (χ4v) is 2.35. The average molecular weight is 277 g/mol. The van der Waals surface area contributed by atoms with Crippen molar-refractivity contribution in [2.24, 2.45) is 5.92 Å². The van der Waals surface area contributed by atoms with Gasteiger partial charge >= 0.3 is 0 Å². The Kier molecular flexibility index (Phi) is 7.00. The van der Waals surface area contributed by atoms with Crippen LogP contribution in [0.2, 0.25) is 0 Å². The molecule has 1 aromatic rings. The van der Waals surface area contributed by atoms with Gasteiger partial charge in [-0.15, -0.1) is 0 Å². The maximum atomic E-state index is 4.72. The van der Waals surface area contributed by atoms with E-state index in [4.69, 9.17) is 4.98 Å². The smallest absolute Gasteiger partial charge is 0.129 e. The summed E-state index contributed by atoms with van der Waals surface area (Å²) >= 11 is 0. The van der Waals surface area contributed by atoms with Gasteiger partial charge in [-0.1, -0.05) is 20.8 Å². The van der Waals surface area contributed by atoms with E-state index in [-0.39, 0.29) is 0 Å². The molecule has 1 N–H and O–H groups in total. The first-order valence-electron chi connectivity index (χ1n) is 7.89. The summed E-state index contributed by atoms with van der Waals surface area (Å²) in [6.45, 7) is 16.3. The molecular formula is C17H31N3. The molecule has 1 rings (SSSR count). The molecule has 0 aliphatic rings. The Morgan fingerprint density at radius 1 is 1.20 bits per heavy atom. The van der Waals surface area contributed by atoms with Crippen LogP contribution in [0, 0.1) is 12.8 Å². The van der Waals surface area contributed by atoms with Gasteiger partial charge in [-0.2, -0.15) is 0 Å². The van der Waals surface area contributed by atoms with Crippen molar-refractivity contribution < 1.29 is 0 Å². The van der Waals surface area contributed by atoms with Crippen LogP contribution in [-0.4, -0.2) is 24.1 Å². The largest absolute Gasteiger partial charge is 0.354 e. The molecule has 0 unspecified atom stereocenters. The summed E-state index contributed by atoms with van der Waals surface area (Å²) in [6.07, 6.45) is 1.15. The van der Waals surface area contributed by atoms with Crippen LogP contribution in [0.1, 0.15) is 52.3 Å². The fourth-order valence-electron chi connectivity index (χ4n) is 2.35. The number of aryl methyl sites for hydroxylation is 1. The summed E-state index contributed by atoms with van der Waals surface area (Å²) in [6, 6.07) is 4.90. The molecule has 0 saturated heterocycles. The zero-order chi connectivity index (χ0) is 15.1. The minimum Gasteiger partial charge on any atom is -0.354 e. The zero-order valence-electron chi connectivity index (χ0n) is 14.0. The van der Waals surface area contributed by atoms with Crippen LogP contribution < -0.4 is 10.2 Å². The molecule has 114 valence electrons. The molecule has 1 heterocycles. The Morgan fingerprint density at radius 3 is 2.45 bits per heavy atom. The Hall–Kier alpha value is -1.09. The number of aromatic nitrogens is 1. The number of nitrogens with one attached hydrogen (secondary N) is 1. The normalized spacial score (nSPS) is 11.4. The Balaban J connectivity index is 2.83. The molecule has 1 aromatic heterocycles. The van der Waals surface area contributed by atoms with Crippen molar-refractivity contribution in [1.82, 2.24) is 10.3 Å². The van der Waals surface area contributed by atoms with Crippen LogP contribution in [0.15, 0.2) is 12.1 Å². The zero-order valence-corrected chi connectivity index (χ0v) is 14.0. The molecule has 0 aliphatic heterocycles. The van der Waals surface area contributed by atoms with Gasteiger partial charge in [0.25, 0.3) is 0 Å². The third-order valence-corrected chi connectivity index (χ3v) is 3.26. The Bertz CT molecular complexity index is 399. The molecular weight excluding hydrogens is 246 g/mol. The number of hydrogen-bond donors (Lipinski definition) is 1. The second kappa shape index (κ2) is 8.25. The number of nitrogens with zero attached hydrogens (tertiary/aromatic N) is 2. The molecule has 0 radical (unpaired) electrons. The first-order valence-corrected chi connectivity index (χ1v) is 7.89. The van der Waals surface area contributed by atoms with Crippen molar-refractivity contribution in [3.8, 4) is 0 Å². The third-order valence-electron chi connectivity index (χ3n) is 3.26. The van der Waals surface area contributed by atoms with Crippen molar-refractivity contribution >= 4 is 5.82 Å². The van der Waals surface area contributed by atoms with E-state index in [9.17, 15) is 0 Å². The summed E-state index contributed by atoms with van der Waals surface area (Å²) in [5.74, 6) is 1.80. The van der Waals surface area contributed by atoms with E-state index < -0.39 is 0 Å². The number of pyridine rings is 1. The third kappa shape index (κ3) is 5.49. The van der Waals surface area contributed by atoms with Crippen molar-refractivity contribution in [2.75, 3.05) is 18.0 Å². The number of rotatable bonds is 8. The highest BCUT2D eigenvalue weighted by Crippen LogP contribution is 2.18. The van der Waals surface area contributed by atoms with Crippen LogP contribution in [0.4, 0.5) is 5.82 Å². The molecule has 0 atom stereocenters. The summed E-state index contributed by atoms with van der Waals surface area (Å²) in [4.78, 5) is 7.10. The van der Waals surface area contributed by atoms with E-state index in [0.717, 1.165) is 37.6 Å². The van der Waals surface area contributed by atoms with Gasteiger partial charge in [0.15, 0.2) is 0 Å². The van der Waals surface area contributed by atoms with Crippen LogP contribution in [-0.2, 0) is 6.54 Å². The Labute approximate surface area is 124 Å². The van der Waals surface area contributed by atoms with Gasteiger partial charge in [0, 0.05) is 24.8 Å². The highest BCUT2D eigenvalue weighted by atomic mass is 15.2. The topological polar surface area (TPSA) is 28.2 Å². The minimum atomic E-state index is 0.487. The van der Waals surface area contributed by atoms with E-state index in [1.54, 1.807) is 0 Å². The quantitative estimate of drug-likeness (QED) is 0.784. The van der Waals surface area contributed by atoms with E-state index >= 15 is 0 Å². The first-order chi connectivity index (χ1) is 9.43. The van der Waals surface area contributed by atoms with E-state index in [1.807, 2.05) is 0 Å². The maximum Gasteiger partial charge on any atom is 0.129 e. The number of hydrogen-bond acceptors (Lipinski definition) is 3. The summed E-state index contributed by atoms with van der Waals surface area (Å²) < 4.78 is 0. The first kappa shape index (κ1) is 17.0. The van der Waals surface area contributed by atoms with Crippen molar-refractivity contribution in [1.29, 1.82) is 0 Å². The van der Waals surface area contributed by atoms with Gasteiger partial charge in [-0.3, -0.25) is 0 Å². The molecule has 3 heteroatoms. The molecule has 0 saturated carbocycles. The van der Waals surface area contributed by atoms with Gasteiger partial charge in [0.2, 0.25) is 0 Å². The summed E-state index contributed by atoms with van der Waals surface area (Å²) in [5, 5.41) is 3.51. The molecule has 0 bridgehead atoms. The molecule has 0 aliphatic carbocycles. The van der Waals surface area contributed by atoms with Crippen LogP contribution in [0.3, 0.4) is 0 Å². The highest BCUT2D eigenvalue weighted by Gasteiger charge is 2.12. The lowest BCUT2D eigenvalue weighted by Gasteiger charge is -2.28. The lowest BCUT2D eigenvalue weighted by atomic mass is 10.2. The van der Waals surface area contributed by atoms with Crippen LogP contribution in [0.5, 0.6) is 0 Å². The summed E-state index contributed by atoms with van der Waals surface area (Å²) in [5.41, 5.74) is 2.43. The van der Waals surface area contributed by atoms with E-state index in [2.05, 4.69) is 63.9 Å². The van der Waals surface area contributed by atoms with Gasteiger partial charge in [0.1, 0.15) is 5.82 Å². The average Bonchev–Trinajstić information content (AvgIpc) is 2.34. The molecule has 0 spiro atoms. The standard InChI is InChI=1S/C17H31N3/c1-7-8-20(14(4)5)17-10-16(9-15(6)19-17)12-18-11-13(2)3/h9-10,13-14,18H,7-8,11-12H2,1-6H3. The predicted octanol–water partition coefficient (Wildman–Crippen LogP) is 3.76. The molecule has 0 amide bonds. The van der Waals surface area contributed by atoms with Gasteiger partial charge < -0.3 is 10.2 Å². The van der Waals surface area contributed by atoms with Crippen molar-refractivity contribution in [3.05, 3.63) is 23.4 Å².